The zero-order valence-electron chi connectivity index (χ0n) is 14.2. The largest absolute Gasteiger partial charge is 0.507 e. The van der Waals surface area contributed by atoms with Crippen molar-refractivity contribution in [3.8, 4) is 28.1 Å². The fraction of sp³-hybridized carbons (Fsp3) is 0. The molecule has 0 unspecified atom stereocenters. The highest BCUT2D eigenvalue weighted by molar-refractivity contribution is 6.30. The predicted molar refractivity (Wildman–Crippen MR) is 109 cm³/mol. The lowest BCUT2D eigenvalue weighted by atomic mass is 10.0. The molecule has 0 radical (unpaired) electrons. The number of nitrogens with zero attached hydrogens (tertiary/aromatic N) is 1. The third kappa shape index (κ3) is 2.64. The first-order chi connectivity index (χ1) is 13.2. The Morgan fingerprint density at radius 3 is 2.37 bits per heavy atom. The minimum absolute atomic E-state index is 0.194. The summed E-state index contributed by atoms with van der Waals surface area (Å²) in [5.74, 6) is 0.194. The van der Waals surface area contributed by atoms with Gasteiger partial charge in [-0.15, -0.1) is 0 Å². The van der Waals surface area contributed by atoms with Crippen molar-refractivity contribution in [2.45, 2.75) is 0 Å². The number of furan rings is 1. The van der Waals surface area contributed by atoms with Crippen LogP contribution < -0.4 is 0 Å². The molecule has 2 heterocycles. The van der Waals surface area contributed by atoms with Crippen molar-refractivity contribution in [2.24, 2.45) is 0 Å². The molecule has 0 saturated heterocycles. The van der Waals surface area contributed by atoms with E-state index in [1.54, 1.807) is 12.1 Å². The van der Waals surface area contributed by atoms with E-state index >= 15 is 0 Å². The van der Waals surface area contributed by atoms with E-state index in [2.05, 4.69) is 0 Å². The maximum Gasteiger partial charge on any atom is 0.161 e. The number of pyridine rings is 1. The maximum atomic E-state index is 10.3. The zero-order valence-corrected chi connectivity index (χ0v) is 14.9. The van der Waals surface area contributed by atoms with E-state index in [4.69, 9.17) is 21.0 Å². The van der Waals surface area contributed by atoms with E-state index in [0.29, 0.717) is 16.3 Å². The topological polar surface area (TPSA) is 46.3 Å². The molecule has 0 spiro atoms. The summed E-state index contributed by atoms with van der Waals surface area (Å²) in [4.78, 5) is 4.82. The summed E-state index contributed by atoms with van der Waals surface area (Å²) in [6.07, 6.45) is 0. The van der Waals surface area contributed by atoms with Crippen LogP contribution in [0.4, 0.5) is 0 Å². The van der Waals surface area contributed by atoms with Gasteiger partial charge < -0.3 is 9.52 Å². The lowest BCUT2D eigenvalue weighted by molar-refractivity contribution is 0.477. The molecular weight excluding hydrogens is 358 g/mol. The quantitative estimate of drug-likeness (QED) is 0.376. The van der Waals surface area contributed by atoms with Crippen LogP contribution >= 0.6 is 11.6 Å². The molecule has 5 aromatic rings. The van der Waals surface area contributed by atoms with Gasteiger partial charge in [0.05, 0.1) is 5.69 Å². The molecule has 2 aromatic heterocycles. The molecule has 0 fully saturated rings. The second kappa shape index (κ2) is 6.15. The molecule has 0 bridgehead atoms. The predicted octanol–water partition coefficient (Wildman–Crippen LogP) is 6.67. The molecule has 0 aliphatic carbocycles. The Bertz CT molecular complexity index is 1290. The van der Waals surface area contributed by atoms with Crippen molar-refractivity contribution in [1.82, 2.24) is 4.98 Å². The van der Waals surface area contributed by atoms with Crippen LogP contribution in [0.15, 0.2) is 83.3 Å². The van der Waals surface area contributed by atoms with Crippen molar-refractivity contribution in [3.63, 3.8) is 0 Å². The number of phenolic OH excluding ortho intramolecular Hbond substituents is 1. The minimum Gasteiger partial charge on any atom is -0.507 e. The second-order valence-electron chi connectivity index (χ2n) is 6.36. The third-order valence-corrected chi connectivity index (χ3v) is 4.91. The first kappa shape index (κ1) is 15.9. The monoisotopic (exact) mass is 371 g/mol. The number of aromatic nitrogens is 1. The number of halogens is 1. The summed E-state index contributed by atoms with van der Waals surface area (Å²) in [5, 5.41) is 11.9. The summed E-state index contributed by atoms with van der Waals surface area (Å²) < 4.78 is 6.13. The van der Waals surface area contributed by atoms with Crippen LogP contribution in [0.5, 0.6) is 5.75 Å². The van der Waals surface area contributed by atoms with Crippen LogP contribution in [0.1, 0.15) is 0 Å². The van der Waals surface area contributed by atoms with Gasteiger partial charge in [0.15, 0.2) is 5.58 Å². The SMILES string of the molecule is Oc1ccccc1-c1cc(-c2ccc(Cl)cc2)c2oc3ccccc3c2n1. The smallest absolute Gasteiger partial charge is 0.161 e. The summed E-state index contributed by atoms with van der Waals surface area (Å²) in [5.41, 5.74) is 5.53. The number of para-hydroxylation sites is 2. The average Bonchev–Trinajstić information content (AvgIpc) is 3.07. The maximum absolute atomic E-state index is 10.3. The van der Waals surface area contributed by atoms with E-state index in [1.807, 2.05) is 66.7 Å². The molecular formula is C23H14ClNO2. The molecule has 130 valence electrons. The number of benzene rings is 3. The normalized spacial score (nSPS) is 11.3. The minimum atomic E-state index is 0.194. The van der Waals surface area contributed by atoms with Crippen molar-refractivity contribution in [1.29, 1.82) is 0 Å². The van der Waals surface area contributed by atoms with E-state index in [-0.39, 0.29) is 5.75 Å². The number of fused-ring (bicyclic) bond motifs is 3. The summed E-state index contributed by atoms with van der Waals surface area (Å²) in [6.45, 7) is 0. The van der Waals surface area contributed by atoms with Gasteiger partial charge in [-0.05, 0) is 48.0 Å². The Kier molecular flexibility index (Phi) is 3.62. The van der Waals surface area contributed by atoms with Crippen molar-refractivity contribution >= 4 is 33.7 Å². The van der Waals surface area contributed by atoms with Gasteiger partial charge >= 0.3 is 0 Å². The van der Waals surface area contributed by atoms with E-state index in [0.717, 1.165) is 33.2 Å². The van der Waals surface area contributed by atoms with Gasteiger partial charge in [0, 0.05) is 21.5 Å². The summed E-state index contributed by atoms with van der Waals surface area (Å²) in [7, 11) is 0. The Balaban J connectivity index is 1.89. The second-order valence-corrected chi connectivity index (χ2v) is 6.79. The van der Waals surface area contributed by atoms with Crippen molar-refractivity contribution in [3.05, 3.63) is 83.9 Å². The highest BCUT2D eigenvalue weighted by atomic mass is 35.5. The molecule has 0 amide bonds. The fourth-order valence-electron chi connectivity index (χ4n) is 3.35. The van der Waals surface area contributed by atoms with Gasteiger partial charge in [-0.25, -0.2) is 4.98 Å². The fourth-order valence-corrected chi connectivity index (χ4v) is 3.48. The Hall–Kier alpha value is -3.30. The van der Waals surface area contributed by atoms with Gasteiger partial charge in [0.25, 0.3) is 0 Å². The molecule has 0 aliphatic heterocycles. The molecule has 0 saturated carbocycles. The van der Waals surface area contributed by atoms with Gasteiger partial charge in [-0.3, -0.25) is 0 Å². The summed E-state index contributed by atoms with van der Waals surface area (Å²) in [6, 6.07) is 24.6. The average molecular weight is 372 g/mol. The Morgan fingerprint density at radius 1 is 0.815 bits per heavy atom. The highest BCUT2D eigenvalue weighted by Crippen LogP contribution is 2.39. The van der Waals surface area contributed by atoms with E-state index < -0.39 is 0 Å². The number of rotatable bonds is 2. The lowest BCUT2D eigenvalue weighted by Gasteiger charge is -2.08. The number of hydrogen-bond acceptors (Lipinski definition) is 3. The van der Waals surface area contributed by atoms with E-state index in [9.17, 15) is 5.11 Å². The van der Waals surface area contributed by atoms with Gasteiger partial charge in [0.1, 0.15) is 16.8 Å². The van der Waals surface area contributed by atoms with Gasteiger partial charge in [-0.1, -0.05) is 48.0 Å². The van der Waals surface area contributed by atoms with Gasteiger partial charge in [-0.2, -0.15) is 0 Å². The zero-order chi connectivity index (χ0) is 18.4. The van der Waals surface area contributed by atoms with Gasteiger partial charge in [0.2, 0.25) is 0 Å². The highest BCUT2D eigenvalue weighted by Gasteiger charge is 2.17. The Morgan fingerprint density at radius 2 is 1.56 bits per heavy atom. The third-order valence-electron chi connectivity index (χ3n) is 4.66. The number of aromatic hydroxyl groups is 1. The van der Waals surface area contributed by atoms with Crippen LogP contribution in [0.3, 0.4) is 0 Å². The lowest BCUT2D eigenvalue weighted by Crippen LogP contribution is -1.88. The molecule has 0 atom stereocenters. The van der Waals surface area contributed by atoms with Crippen molar-refractivity contribution in [2.75, 3.05) is 0 Å². The molecule has 27 heavy (non-hydrogen) atoms. The van der Waals surface area contributed by atoms with Crippen LogP contribution in [-0.2, 0) is 0 Å². The van der Waals surface area contributed by atoms with Crippen molar-refractivity contribution < 1.29 is 9.52 Å². The van der Waals surface area contributed by atoms with Crippen LogP contribution in [0.25, 0.3) is 44.5 Å². The van der Waals surface area contributed by atoms with Crippen LogP contribution in [0, 0.1) is 0 Å². The molecule has 0 aliphatic rings. The molecule has 1 N–H and O–H groups in total. The summed E-state index contributed by atoms with van der Waals surface area (Å²) >= 11 is 6.06. The molecule has 3 aromatic carbocycles. The molecule has 3 nitrogen and oxygen atoms in total. The molecule has 4 heteroatoms. The van der Waals surface area contributed by atoms with Crippen LogP contribution in [0.2, 0.25) is 5.02 Å². The van der Waals surface area contributed by atoms with E-state index in [1.165, 1.54) is 0 Å². The Labute approximate surface area is 160 Å². The number of hydrogen-bond donors (Lipinski definition) is 1. The van der Waals surface area contributed by atoms with Crippen LogP contribution in [-0.4, -0.2) is 10.1 Å². The first-order valence-electron chi connectivity index (χ1n) is 8.57. The number of phenols is 1. The molecule has 5 rings (SSSR count). The standard InChI is InChI=1S/C23H14ClNO2/c24-15-11-9-14(10-12-15)18-13-19(16-5-1-3-7-20(16)26)25-22-17-6-2-4-8-21(17)27-23(18)22/h1-13,26H. The first-order valence-corrected chi connectivity index (χ1v) is 8.95.